The predicted octanol–water partition coefficient (Wildman–Crippen LogP) is 7.37. The molecule has 0 atom stereocenters. The van der Waals surface area contributed by atoms with Crippen LogP contribution in [-0.2, 0) is 19.2 Å². The summed E-state index contributed by atoms with van der Waals surface area (Å²) >= 11 is 1.41. The normalized spacial score (nSPS) is 10.4. The maximum atomic E-state index is 14.5. The fourth-order valence-electron chi connectivity index (χ4n) is 4.38. The maximum absolute atomic E-state index is 14.5. The largest absolute Gasteiger partial charge is 0.505 e. The molecule has 0 aliphatic carbocycles. The average Bonchev–Trinajstić information content (AvgIpc) is 3.60. The van der Waals surface area contributed by atoms with Gasteiger partial charge in [-0.3, -0.25) is 19.2 Å². The summed E-state index contributed by atoms with van der Waals surface area (Å²) in [6, 6.07) is 19.2. The lowest BCUT2D eigenvalue weighted by Crippen LogP contribution is -2.21. The topological polar surface area (TPSA) is 172 Å². The minimum absolute atomic E-state index is 0.0711. The van der Waals surface area contributed by atoms with Gasteiger partial charge in [-0.1, -0.05) is 0 Å². The standard InChI is InChI=1S/C21H14F2N4O3S.C15H12F2N2O3/c22-12-1-3-13(4-2-12)26-18(28)10-19(29)27-14-5-6-17(16(23)9-14)30-20-15-7-8-31-21(15)25-11-24-20;16-9-1-3-10(4-2-9)18-14(21)8-15(22)19-11-5-6-13(20)12(17)7-11/h1-9,11H,10H2,(H,26,28)(H,27,29);1-7,20H,8H2,(H,18,21)(H,19,22). The van der Waals surface area contributed by atoms with Crippen LogP contribution in [0.3, 0.4) is 0 Å². The molecular formula is C36H26F4N6O6S. The van der Waals surface area contributed by atoms with E-state index in [1.165, 1.54) is 84.4 Å². The first-order valence-corrected chi connectivity index (χ1v) is 16.1. The molecule has 270 valence electrons. The second-order valence-electron chi connectivity index (χ2n) is 10.8. The first kappa shape index (κ1) is 37.4. The molecule has 0 unspecified atom stereocenters. The van der Waals surface area contributed by atoms with Crippen molar-refractivity contribution in [3.8, 4) is 17.4 Å². The third-order valence-corrected chi connectivity index (χ3v) is 7.60. The van der Waals surface area contributed by atoms with Gasteiger partial charge in [-0.2, -0.15) is 0 Å². The van der Waals surface area contributed by atoms with Crippen molar-refractivity contribution in [2.45, 2.75) is 12.8 Å². The highest BCUT2D eigenvalue weighted by Crippen LogP contribution is 2.31. The molecule has 0 spiro atoms. The molecule has 53 heavy (non-hydrogen) atoms. The monoisotopic (exact) mass is 746 g/mol. The molecule has 12 nitrogen and oxygen atoms in total. The van der Waals surface area contributed by atoms with E-state index in [0.717, 1.165) is 18.2 Å². The number of phenols is 1. The number of aromatic hydroxyl groups is 1. The SMILES string of the molecule is O=C(CC(=O)Nc1ccc(O)c(F)c1)Nc1ccc(F)cc1.O=C(CC(=O)Nc1ccc(Oc2ncnc3sccc23)c(F)c1)Nc1ccc(F)cc1. The molecule has 2 aromatic heterocycles. The van der Waals surface area contributed by atoms with E-state index in [1.54, 1.807) is 6.07 Å². The Morgan fingerprint density at radius 3 is 1.58 bits per heavy atom. The van der Waals surface area contributed by atoms with Gasteiger partial charge >= 0.3 is 0 Å². The minimum Gasteiger partial charge on any atom is -0.505 e. The Hall–Kier alpha value is -6.88. The van der Waals surface area contributed by atoms with Crippen molar-refractivity contribution in [1.29, 1.82) is 0 Å². The van der Waals surface area contributed by atoms with Crippen molar-refractivity contribution < 1.29 is 46.6 Å². The first-order valence-electron chi connectivity index (χ1n) is 15.3. The number of benzene rings is 4. The molecule has 0 radical (unpaired) electrons. The van der Waals surface area contributed by atoms with Gasteiger partial charge in [0.25, 0.3) is 0 Å². The van der Waals surface area contributed by atoms with E-state index in [9.17, 15) is 36.7 Å². The average molecular weight is 747 g/mol. The number of nitrogens with one attached hydrogen (secondary N) is 4. The van der Waals surface area contributed by atoms with Crippen molar-refractivity contribution in [3.05, 3.63) is 126 Å². The highest BCUT2D eigenvalue weighted by atomic mass is 32.1. The number of ether oxygens (including phenoxy) is 1. The Labute approximate surface area is 301 Å². The van der Waals surface area contributed by atoms with Gasteiger partial charge in [-0.25, -0.2) is 27.5 Å². The van der Waals surface area contributed by atoms with E-state index in [-0.39, 0.29) is 23.0 Å². The van der Waals surface area contributed by atoms with Crippen molar-refractivity contribution in [2.75, 3.05) is 21.3 Å². The second-order valence-corrected chi connectivity index (χ2v) is 11.7. The van der Waals surface area contributed by atoms with E-state index >= 15 is 0 Å². The molecule has 17 heteroatoms. The lowest BCUT2D eigenvalue weighted by atomic mass is 10.2. The molecule has 6 rings (SSSR count). The molecule has 0 aliphatic heterocycles. The number of thiophene rings is 1. The van der Waals surface area contributed by atoms with Crippen LogP contribution < -0.4 is 26.0 Å². The van der Waals surface area contributed by atoms with Gasteiger partial charge < -0.3 is 31.1 Å². The fourth-order valence-corrected chi connectivity index (χ4v) is 5.10. The van der Waals surface area contributed by atoms with Crippen molar-refractivity contribution in [1.82, 2.24) is 9.97 Å². The third kappa shape index (κ3) is 11.1. The number of hydrogen-bond acceptors (Lipinski definition) is 9. The summed E-state index contributed by atoms with van der Waals surface area (Å²) in [7, 11) is 0. The Morgan fingerprint density at radius 1 is 0.604 bits per heavy atom. The molecule has 0 saturated carbocycles. The van der Waals surface area contributed by atoms with Crippen LogP contribution in [-0.4, -0.2) is 38.7 Å². The summed E-state index contributed by atoms with van der Waals surface area (Å²) in [5.41, 5.74) is 0.994. The number of fused-ring (bicyclic) bond motifs is 1. The number of carbonyl (C=O) groups is 4. The van der Waals surface area contributed by atoms with Crippen LogP contribution in [0, 0.1) is 23.3 Å². The van der Waals surface area contributed by atoms with Crippen LogP contribution in [0.25, 0.3) is 10.2 Å². The lowest BCUT2D eigenvalue weighted by molar-refractivity contribution is -0.125. The number of halogens is 4. The smallest absolute Gasteiger partial charge is 0.233 e. The van der Waals surface area contributed by atoms with Gasteiger partial charge in [0.15, 0.2) is 23.1 Å². The quantitative estimate of drug-likeness (QED) is 0.0550. The molecule has 0 fully saturated rings. The summed E-state index contributed by atoms with van der Waals surface area (Å²) in [6.07, 6.45) is 0.353. The van der Waals surface area contributed by atoms with Gasteiger partial charge in [-0.15, -0.1) is 11.3 Å². The molecule has 6 aromatic rings. The molecule has 5 N–H and O–H groups in total. The van der Waals surface area contributed by atoms with Crippen LogP contribution in [0.4, 0.5) is 40.3 Å². The summed E-state index contributed by atoms with van der Waals surface area (Å²) in [5.74, 6) is -5.33. The molecule has 0 saturated heterocycles. The summed E-state index contributed by atoms with van der Waals surface area (Å²) < 4.78 is 58.7. The van der Waals surface area contributed by atoms with Gasteiger partial charge in [0.1, 0.15) is 35.6 Å². The minimum atomic E-state index is -0.881. The maximum Gasteiger partial charge on any atom is 0.233 e. The number of hydrogen-bond donors (Lipinski definition) is 5. The van der Waals surface area contributed by atoms with Crippen LogP contribution in [0.5, 0.6) is 17.4 Å². The van der Waals surface area contributed by atoms with Crippen molar-refractivity contribution in [3.63, 3.8) is 0 Å². The second kappa shape index (κ2) is 17.4. The number of aromatic nitrogens is 2. The van der Waals surface area contributed by atoms with Gasteiger partial charge in [0, 0.05) is 34.9 Å². The molecule has 4 aromatic carbocycles. The van der Waals surface area contributed by atoms with Crippen LogP contribution >= 0.6 is 11.3 Å². The fraction of sp³-hybridized carbons (Fsp3) is 0.0556. The molecule has 2 heterocycles. The van der Waals surface area contributed by atoms with Crippen LogP contribution in [0.15, 0.2) is 103 Å². The Balaban J connectivity index is 0.000000217. The Morgan fingerprint density at radius 2 is 1.08 bits per heavy atom. The molecule has 0 aliphatic rings. The van der Waals surface area contributed by atoms with E-state index in [4.69, 9.17) is 9.84 Å². The van der Waals surface area contributed by atoms with E-state index in [1.807, 2.05) is 5.38 Å². The summed E-state index contributed by atoms with van der Waals surface area (Å²) in [5, 5.41) is 21.2. The zero-order chi connectivity index (χ0) is 37.9. The van der Waals surface area contributed by atoms with Gasteiger partial charge in [-0.05, 0) is 84.2 Å². The zero-order valence-electron chi connectivity index (χ0n) is 27.0. The number of anilines is 4. The highest BCUT2D eigenvalue weighted by molar-refractivity contribution is 7.16. The van der Waals surface area contributed by atoms with E-state index in [2.05, 4.69) is 31.2 Å². The highest BCUT2D eigenvalue weighted by Gasteiger charge is 2.15. The third-order valence-electron chi connectivity index (χ3n) is 6.78. The van der Waals surface area contributed by atoms with Crippen LogP contribution in [0.2, 0.25) is 0 Å². The van der Waals surface area contributed by atoms with Crippen molar-refractivity contribution in [2.24, 2.45) is 0 Å². The molecule has 4 amide bonds. The number of carbonyl (C=O) groups excluding carboxylic acids is 4. The van der Waals surface area contributed by atoms with E-state index in [0.29, 0.717) is 21.6 Å². The zero-order valence-corrected chi connectivity index (χ0v) is 27.8. The Kier molecular flexibility index (Phi) is 12.2. The molecular weight excluding hydrogens is 720 g/mol. The summed E-state index contributed by atoms with van der Waals surface area (Å²) in [4.78, 5) is 56.1. The predicted molar refractivity (Wildman–Crippen MR) is 189 cm³/mol. The number of amides is 4. The van der Waals surface area contributed by atoms with Crippen LogP contribution in [0.1, 0.15) is 12.8 Å². The lowest BCUT2D eigenvalue weighted by Gasteiger charge is -2.10. The van der Waals surface area contributed by atoms with E-state index < -0.39 is 65.5 Å². The summed E-state index contributed by atoms with van der Waals surface area (Å²) in [6.45, 7) is 0. The number of phenolic OH excluding ortho intramolecular Hbond substituents is 1. The number of rotatable bonds is 10. The number of nitrogens with zero attached hydrogens (tertiary/aromatic N) is 2. The first-order chi connectivity index (χ1) is 25.4. The van der Waals surface area contributed by atoms with Gasteiger partial charge in [0.2, 0.25) is 29.5 Å². The Bertz CT molecular complexity index is 2270. The van der Waals surface area contributed by atoms with Crippen molar-refractivity contribution >= 4 is 67.9 Å². The van der Waals surface area contributed by atoms with Gasteiger partial charge in [0.05, 0.1) is 5.39 Å². The molecule has 0 bridgehead atoms.